The zero-order valence-electron chi connectivity index (χ0n) is 8.02. The van der Waals surface area contributed by atoms with Gasteiger partial charge in [0.25, 0.3) is 0 Å². The van der Waals surface area contributed by atoms with E-state index in [1.165, 1.54) is 6.07 Å². The van der Waals surface area contributed by atoms with Gasteiger partial charge in [-0.3, -0.25) is 4.98 Å². The summed E-state index contributed by atoms with van der Waals surface area (Å²) in [5.41, 5.74) is 1.81. The Kier molecular flexibility index (Phi) is 2.74. The highest BCUT2D eigenvalue weighted by Gasteiger charge is 2.03. The normalized spacial score (nSPS) is 10.3. The molecule has 76 valence electrons. The first kappa shape index (κ1) is 9.80. The van der Waals surface area contributed by atoms with Crippen molar-refractivity contribution in [1.29, 1.82) is 0 Å². The number of aromatic nitrogens is 1. The summed E-state index contributed by atoms with van der Waals surface area (Å²) >= 11 is 0. The molecule has 0 atom stereocenters. The van der Waals surface area contributed by atoms with Crippen molar-refractivity contribution in [2.45, 2.75) is 6.61 Å². The highest BCUT2D eigenvalue weighted by Crippen LogP contribution is 2.21. The summed E-state index contributed by atoms with van der Waals surface area (Å²) in [4.78, 5) is 4.00. The predicted octanol–water partition coefficient (Wildman–Crippen LogP) is 2.38. The van der Waals surface area contributed by atoms with Gasteiger partial charge in [-0.2, -0.15) is 0 Å². The van der Waals surface area contributed by atoms with Crippen molar-refractivity contribution >= 4 is 0 Å². The summed E-state index contributed by atoms with van der Waals surface area (Å²) in [6.07, 6.45) is 1.56. The fourth-order valence-corrected chi connectivity index (χ4v) is 1.37. The van der Waals surface area contributed by atoms with Gasteiger partial charge in [0.2, 0.25) is 0 Å². The summed E-state index contributed by atoms with van der Waals surface area (Å²) in [5, 5.41) is 8.82. The van der Waals surface area contributed by atoms with Crippen LogP contribution in [0.1, 0.15) is 5.69 Å². The van der Waals surface area contributed by atoms with Gasteiger partial charge in [-0.25, -0.2) is 4.39 Å². The minimum absolute atomic E-state index is 0.0997. The molecular weight excluding hydrogens is 193 g/mol. The second-order valence-electron chi connectivity index (χ2n) is 3.18. The van der Waals surface area contributed by atoms with Crippen molar-refractivity contribution in [2.24, 2.45) is 0 Å². The van der Waals surface area contributed by atoms with E-state index in [4.69, 9.17) is 5.11 Å². The van der Waals surface area contributed by atoms with E-state index in [1.54, 1.807) is 36.5 Å². The SMILES string of the molecule is OCc1ccc(-c2ccccc2F)cn1. The molecular formula is C12H10FNO. The van der Waals surface area contributed by atoms with E-state index >= 15 is 0 Å². The van der Waals surface area contributed by atoms with Gasteiger partial charge in [-0.15, -0.1) is 0 Å². The average Bonchev–Trinajstić information content (AvgIpc) is 2.30. The van der Waals surface area contributed by atoms with E-state index in [1.807, 2.05) is 0 Å². The Morgan fingerprint density at radius 1 is 1.13 bits per heavy atom. The number of pyridine rings is 1. The predicted molar refractivity (Wildman–Crippen MR) is 55.6 cm³/mol. The van der Waals surface area contributed by atoms with Crippen LogP contribution in [0.25, 0.3) is 11.1 Å². The summed E-state index contributed by atoms with van der Waals surface area (Å²) in [7, 11) is 0. The molecule has 0 bridgehead atoms. The quantitative estimate of drug-likeness (QED) is 0.812. The van der Waals surface area contributed by atoms with Gasteiger partial charge in [-0.05, 0) is 12.1 Å². The highest BCUT2D eigenvalue weighted by molar-refractivity contribution is 5.62. The van der Waals surface area contributed by atoms with Crippen LogP contribution in [0.15, 0.2) is 42.6 Å². The van der Waals surface area contributed by atoms with E-state index in [0.29, 0.717) is 16.8 Å². The monoisotopic (exact) mass is 203 g/mol. The van der Waals surface area contributed by atoms with Crippen LogP contribution >= 0.6 is 0 Å². The lowest BCUT2D eigenvalue weighted by molar-refractivity contribution is 0.277. The fraction of sp³-hybridized carbons (Fsp3) is 0.0833. The van der Waals surface area contributed by atoms with Crippen LogP contribution in [0.5, 0.6) is 0 Å². The van der Waals surface area contributed by atoms with Gasteiger partial charge in [0, 0.05) is 17.3 Å². The maximum absolute atomic E-state index is 13.4. The fourth-order valence-electron chi connectivity index (χ4n) is 1.37. The number of rotatable bonds is 2. The molecule has 1 aromatic carbocycles. The molecule has 0 aliphatic carbocycles. The minimum atomic E-state index is -0.268. The Hall–Kier alpha value is -1.74. The maximum Gasteiger partial charge on any atom is 0.131 e. The molecule has 0 saturated carbocycles. The highest BCUT2D eigenvalue weighted by atomic mass is 19.1. The number of benzene rings is 1. The number of hydrogen-bond donors (Lipinski definition) is 1. The summed E-state index contributed by atoms with van der Waals surface area (Å²) < 4.78 is 13.4. The average molecular weight is 203 g/mol. The third-order valence-corrected chi connectivity index (χ3v) is 2.17. The Balaban J connectivity index is 2.42. The van der Waals surface area contributed by atoms with Crippen LogP contribution in [0, 0.1) is 5.82 Å². The van der Waals surface area contributed by atoms with Crippen molar-refractivity contribution in [1.82, 2.24) is 4.98 Å². The molecule has 1 N–H and O–H groups in total. The number of hydrogen-bond acceptors (Lipinski definition) is 2. The molecule has 3 heteroatoms. The lowest BCUT2D eigenvalue weighted by atomic mass is 10.1. The second kappa shape index (κ2) is 4.19. The Labute approximate surface area is 87.0 Å². The maximum atomic E-state index is 13.4. The molecule has 2 rings (SSSR count). The summed E-state index contributed by atoms with van der Waals surface area (Å²) in [6, 6.07) is 9.96. The lowest BCUT2D eigenvalue weighted by Crippen LogP contribution is -1.90. The van der Waals surface area contributed by atoms with Crippen LogP contribution in [0.4, 0.5) is 4.39 Å². The first-order valence-corrected chi connectivity index (χ1v) is 4.62. The van der Waals surface area contributed by atoms with E-state index in [0.717, 1.165) is 0 Å². The van der Waals surface area contributed by atoms with Crippen molar-refractivity contribution in [3.8, 4) is 11.1 Å². The minimum Gasteiger partial charge on any atom is -0.390 e. The molecule has 0 unspecified atom stereocenters. The molecule has 0 amide bonds. The molecule has 0 saturated heterocycles. The van der Waals surface area contributed by atoms with Crippen LogP contribution in [-0.4, -0.2) is 10.1 Å². The second-order valence-corrected chi connectivity index (χ2v) is 3.18. The Bertz CT molecular complexity index is 453. The molecule has 1 heterocycles. The molecule has 0 aliphatic heterocycles. The number of nitrogens with zero attached hydrogens (tertiary/aromatic N) is 1. The van der Waals surface area contributed by atoms with Crippen molar-refractivity contribution < 1.29 is 9.50 Å². The lowest BCUT2D eigenvalue weighted by Gasteiger charge is -2.03. The van der Waals surface area contributed by atoms with Crippen LogP contribution in [0.2, 0.25) is 0 Å². The van der Waals surface area contributed by atoms with Crippen LogP contribution < -0.4 is 0 Å². The van der Waals surface area contributed by atoms with E-state index < -0.39 is 0 Å². The molecule has 15 heavy (non-hydrogen) atoms. The van der Waals surface area contributed by atoms with Gasteiger partial charge in [0.15, 0.2) is 0 Å². The summed E-state index contributed by atoms with van der Waals surface area (Å²) in [5.74, 6) is -0.268. The Morgan fingerprint density at radius 3 is 2.53 bits per heavy atom. The van der Waals surface area contributed by atoms with Crippen LogP contribution in [-0.2, 0) is 6.61 Å². The Morgan fingerprint density at radius 2 is 1.93 bits per heavy atom. The van der Waals surface area contributed by atoms with Crippen molar-refractivity contribution in [3.05, 3.63) is 54.1 Å². The number of halogens is 1. The first-order valence-electron chi connectivity index (χ1n) is 4.62. The van der Waals surface area contributed by atoms with E-state index in [9.17, 15) is 4.39 Å². The molecule has 0 radical (unpaired) electrons. The molecule has 2 nitrogen and oxygen atoms in total. The van der Waals surface area contributed by atoms with E-state index in [2.05, 4.69) is 4.98 Å². The van der Waals surface area contributed by atoms with Crippen molar-refractivity contribution in [3.63, 3.8) is 0 Å². The van der Waals surface area contributed by atoms with Gasteiger partial charge < -0.3 is 5.11 Å². The summed E-state index contributed by atoms with van der Waals surface area (Å²) in [6.45, 7) is -0.0997. The van der Waals surface area contributed by atoms with Crippen molar-refractivity contribution in [2.75, 3.05) is 0 Å². The topological polar surface area (TPSA) is 33.1 Å². The smallest absolute Gasteiger partial charge is 0.131 e. The molecule has 1 aromatic heterocycles. The standard InChI is InChI=1S/C12H10FNO/c13-12-4-2-1-3-11(12)9-5-6-10(8-15)14-7-9/h1-7,15H,8H2. The zero-order valence-corrected chi connectivity index (χ0v) is 8.02. The largest absolute Gasteiger partial charge is 0.390 e. The first-order chi connectivity index (χ1) is 7.31. The van der Waals surface area contributed by atoms with E-state index in [-0.39, 0.29) is 12.4 Å². The van der Waals surface area contributed by atoms with Crippen LogP contribution in [0.3, 0.4) is 0 Å². The van der Waals surface area contributed by atoms with Gasteiger partial charge in [-0.1, -0.05) is 24.3 Å². The molecule has 0 fully saturated rings. The number of aliphatic hydroxyl groups excluding tert-OH is 1. The molecule has 2 aromatic rings. The molecule has 0 spiro atoms. The van der Waals surface area contributed by atoms with Gasteiger partial charge in [0.05, 0.1) is 12.3 Å². The molecule has 0 aliphatic rings. The van der Waals surface area contributed by atoms with Gasteiger partial charge in [0.1, 0.15) is 5.82 Å². The third kappa shape index (κ3) is 2.02. The third-order valence-electron chi connectivity index (χ3n) is 2.17. The zero-order chi connectivity index (χ0) is 10.7. The van der Waals surface area contributed by atoms with Gasteiger partial charge >= 0.3 is 0 Å². The number of aliphatic hydroxyl groups is 1.